The van der Waals surface area contributed by atoms with E-state index in [0.29, 0.717) is 0 Å². The number of carboxylic acid groups (broad SMARTS) is 1. The van der Waals surface area contributed by atoms with Crippen molar-refractivity contribution in [2.45, 2.75) is 32.9 Å². The van der Waals surface area contributed by atoms with Crippen molar-refractivity contribution in [1.29, 1.82) is 0 Å². The topological polar surface area (TPSA) is 75.6 Å². The highest BCUT2D eigenvalue weighted by Crippen LogP contribution is 2.03. The van der Waals surface area contributed by atoms with Gasteiger partial charge >= 0.3 is 12.1 Å². The van der Waals surface area contributed by atoms with Gasteiger partial charge in [0, 0.05) is 0 Å². The maximum absolute atomic E-state index is 11.6. The molecule has 1 atom stereocenters. The monoisotopic (exact) mass is 277 g/mol. The predicted octanol–water partition coefficient (Wildman–Crippen LogP) is 2.72. The van der Waals surface area contributed by atoms with Crippen LogP contribution in [0.25, 0.3) is 0 Å². The number of carboxylic acids is 1. The average Bonchev–Trinajstić information content (AvgIpc) is 2.41. The molecule has 0 fully saturated rings. The lowest BCUT2D eigenvalue weighted by Crippen LogP contribution is -2.40. The maximum Gasteiger partial charge on any atom is 0.408 e. The Labute approximate surface area is 118 Å². The van der Waals surface area contributed by atoms with Gasteiger partial charge in [0.15, 0.2) is 0 Å². The summed E-state index contributed by atoms with van der Waals surface area (Å²) >= 11 is 0. The van der Waals surface area contributed by atoms with Gasteiger partial charge in [0.25, 0.3) is 0 Å². The second-order valence-corrected chi connectivity index (χ2v) is 4.61. The average molecular weight is 277 g/mol. The van der Waals surface area contributed by atoms with Crippen molar-refractivity contribution in [2.75, 3.05) is 0 Å². The molecule has 0 spiro atoms. The molecule has 0 aromatic heterocycles. The first-order valence-electron chi connectivity index (χ1n) is 6.32. The summed E-state index contributed by atoms with van der Waals surface area (Å²) in [6, 6.07) is 8.21. The van der Waals surface area contributed by atoms with Gasteiger partial charge < -0.3 is 15.2 Å². The molecule has 0 radical (unpaired) electrons. The molecule has 1 aromatic carbocycles. The Morgan fingerprint density at radius 3 is 2.50 bits per heavy atom. The summed E-state index contributed by atoms with van der Waals surface area (Å²) < 4.78 is 4.98. The van der Waals surface area contributed by atoms with E-state index < -0.39 is 18.1 Å². The molecule has 0 aliphatic rings. The summed E-state index contributed by atoms with van der Waals surface area (Å²) in [5.41, 5.74) is 1.84. The van der Waals surface area contributed by atoms with Gasteiger partial charge in [-0.3, -0.25) is 0 Å². The van der Waals surface area contributed by atoms with E-state index in [1.807, 2.05) is 44.2 Å². The smallest absolute Gasteiger partial charge is 0.408 e. The molecule has 0 aliphatic heterocycles. The number of carbonyl (C=O) groups excluding carboxylic acids is 1. The molecule has 5 nitrogen and oxygen atoms in total. The van der Waals surface area contributed by atoms with E-state index in [-0.39, 0.29) is 13.0 Å². The Morgan fingerprint density at radius 2 is 1.95 bits per heavy atom. The van der Waals surface area contributed by atoms with E-state index in [1.165, 1.54) is 0 Å². The molecule has 2 N–H and O–H groups in total. The van der Waals surface area contributed by atoms with Crippen LogP contribution in [0.3, 0.4) is 0 Å². The van der Waals surface area contributed by atoms with Crippen molar-refractivity contribution in [3.05, 3.63) is 47.5 Å². The van der Waals surface area contributed by atoms with Crippen LogP contribution in [0.15, 0.2) is 42.0 Å². The molecule has 1 unspecified atom stereocenters. The minimum Gasteiger partial charge on any atom is -0.480 e. The van der Waals surface area contributed by atoms with Crippen LogP contribution in [0.5, 0.6) is 0 Å². The van der Waals surface area contributed by atoms with Crippen LogP contribution in [0.2, 0.25) is 0 Å². The number of hydrogen-bond acceptors (Lipinski definition) is 3. The first kappa shape index (κ1) is 15.8. The summed E-state index contributed by atoms with van der Waals surface area (Å²) in [5.74, 6) is -1.08. The fraction of sp³-hybridized carbons (Fsp3) is 0.333. The fourth-order valence-electron chi connectivity index (χ4n) is 1.48. The van der Waals surface area contributed by atoms with Crippen LogP contribution in [0.4, 0.5) is 4.79 Å². The fourth-order valence-corrected chi connectivity index (χ4v) is 1.48. The van der Waals surface area contributed by atoms with Crippen LogP contribution in [-0.4, -0.2) is 23.2 Å². The molecule has 5 heteroatoms. The third-order valence-corrected chi connectivity index (χ3v) is 2.56. The standard InChI is InChI=1S/C15H19NO4/c1-11(2)8-9-13(14(17)18)16-15(19)20-10-12-6-4-3-5-7-12/h3-8,13H,9-10H2,1-2H3,(H,16,19)(H,17,18). The molecule has 1 rings (SSSR count). The van der Waals surface area contributed by atoms with Crippen LogP contribution >= 0.6 is 0 Å². The highest BCUT2D eigenvalue weighted by atomic mass is 16.5. The summed E-state index contributed by atoms with van der Waals surface area (Å²) in [6.07, 6.45) is 1.26. The number of alkyl carbamates (subject to hydrolysis) is 1. The third kappa shape index (κ3) is 6.04. The summed E-state index contributed by atoms with van der Waals surface area (Å²) in [4.78, 5) is 22.6. The third-order valence-electron chi connectivity index (χ3n) is 2.56. The van der Waals surface area contributed by atoms with E-state index in [4.69, 9.17) is 9.84 Å². The van der Waals surface area contributed by atoms with Gasteiger partial charge in [-0.1, -0.05) is 42.0 Å². The Hall–Kier alpha value is -2.30. The SMILES string of the molecule is CC(C)=CCC(NC(=O)OCc1ccccc1)C(=O)O. The van der Waals surface area contributed by atoms with Gasteiger partial charge in [0.2, 0.25) is 0 Å². The maximum atomic E-state index is 11.6. The Balaban J connectivity index is 2.46. The lowest BCUT2D eigenvalue weighted by Gasteiger charge is -2.13. The molecule has 0 saturated heterocycles. The molecular weight excluding hydrogens is 258 g/mol. The lowest BCUT2D eigenvalue weighted by atomic mass is 10.1. The molecule has 0 bridgehead atoms. The Kier molecular flexibility index (Phi) is 6.29. The minimum absolute atomic E-state index is 0.113. The van der Waals surface area contributed by atoms with E-state index >= 15 is 0 Å². The number of benzene rings is 1. The van der Waals surface area contributed by atoms with Crippen molar-refractivity contribution in [3.63, 3.8) is 0 Å². The number of nitrogens with one attached hydrogen (secondary N) is 1. The molecule has 0 saturated carbocycles. The zero-order chi connectivity index (χ0) is 15.0. The number of ether oxygens (including phenoxy) is 1. The summed E-state index contributed by atoms with van der Waals surface area (Å²) in [5, 5.41) is 11.4. The second-order valence-electron chi connectivity index (χ2n) is 4.61. The van der Waals surface area contributed by atoms with E-state index in [0.717, 1.165) is 11.1 Å². The Bertz CT molecular complexity index is 478. The molecular formula is C15H19NO4. The van der Waals surface area contributed by atoms with Crippen LogP contribution in [0, 0.1) is 0 Å². The number of rotatable bonds is 6. The van der Waals surface area contributed by atoms with Crippen LogP contribution < -0.4 is 5.32 Å². The zero-order valence-electron chi connectivity index (χ0n) is 11.6. The Morgan fingerprint density at radius 1 is 1.30 bits per heavy atom. The number of hydrogen-bond donors (Lipinski definition) is 2. The molecule has 20 heavy (non-hydrogen) atoms. The lowest BCUT2D eigenvalue weighted by molar-refractivity contribution is -0.139. The quantitative estimate of drug-likeness (QED) is 0.784. The van der Waals surface area contributed by atoms with Crippen molar-refractivity contribution in [2.24, 2.45) is 0 Å². The van der Waals surface area contributed by atoms with Crippen molar-refractivity contribution >= 4 is 12.1 Å². The highest BCUT2D eigenvalue weighted by Gasteiger charge is 2.19. The normalized spacial score (nSPS) is 11.3. The van der Waals surface area contributed by atoms with E-state index in [1.54, 1.807) is 6.08 Å². The first-order chi connectivity index (χ1) is 9.49. The van der Waals surface area contributed by atoms with Crippen molar-refractivity contribution < 1.29 is 19.4 Å². The molecule has 0 heterocycles. The number of carbonyl (C=O) groups is 2. The van der Waals surface area contributed by atoms with Gasteiger partial charge in [0.05, 0.1) is 0 Å². The summed E-state index contributed by atoms with van der Waals surface area (Å²) in [6.45, 7) is 3.85. The van der Waals surface area contributed by atoms with Crippen molar-refractivity contribution in [1.82, 2.24) is 5.32 Å². The number of amides is 1. The van der Waals surface area contributed by atoms with Gasteiger partial charge in [-0.05, 0) is 25.8 Å². The van der Waals surface area contributed by atoms with E-state index in [9.17, 15) is 9.59 Å². The zero-order valence-corrected chi connectivity index (χ0v) is 11.6. The van der Waals surface area contributed by atoms with E-state index in [2.05, 4.69) is 5.32 Å². The molecule has 108 valence electrons. The highest BCUT2D eigenvalue weighted by molar-refractivity contribution is 5.80. The van der Waals surface area contributed by atoms with Crippen LogP contribution in [0.1, 0.15) is 25.8 Å². The van der Waals surface area contributed by atoms with Crippen LogP contribution in [-0.2, 0) is 16.1 Å². The molecule has 0 aliphatic carbocycles. The second kappa shape index (κ2) is 7.99. The van der Waals surface area contributed by atoms with Gasteiger partial charge in [0.1, 0.15) is 12.6 Å². The van der Waals surface area contributed by atoms with Gasteiger partial charge in [-0.2, -0.15) is 0 Å². The number of aliphatic carboxylic acids is 1. The minimum atomic E-state index is -1.08. The largest absolute Gasteiger partial charge is 0.480 e. The molecule has 1 aromatic rings. The molecule has 1 amide bonds. The summed E-state index contributed by atoms with van der Waals surface area (Å²) in [7, 11) is 0. The first-order valence-corrected chi connectivity index (χ1v) is 6.32. The van der Waals surface area contributed by atoms with Crippen molar-refractivity contribution in [3.8, 4) is 0 Å². The van der Waals surface area contributed by atoms with Gasteiger partial charge in [-0.25, -0.2) is 9.59 Å². The predicted molar refractivity (Wildman–Crippen MR) is 75.2 cm³/mol. The van der Waals surface area contributed by atoms with Gasteiger partial charge in [-0.15, -0.1) is 0 Å². The number of allylic oxidation sites excluding steroid dienone is 1.